The van der Waals surface area contributed by atoms with E-state index in [0.29, 0.717) is 24.1 Å². The number of amides is 3. The fraction of sp³-hybridized carbons (Fsp3) is 0.208. The van der Waals surface area contributed by atoms with Gasteiger partial charge in [-0.3, -0.25) is 24.4 Å². The molecule has 2 aliphatic heterocycles. The molecule has 6 rings (SSSR count). The van der Waals surface area contributed by atoms with Crippen LogP contribution in [-0.4, -0.2) is 43.4 Å². The number of carbonyl (C=O) groups excluding carboxylic acids is 3. The maximum atomic E-state index is 13.0. The number of benzene rings is 2. The molecule has 1 saturated heterocycles. The topological polar surface area (TPSA) is 110 Å². The van der Waals surface area contributed by atoms with E-state index in [-0.39, 0.29) is 18.2 Å². The first-order chi connectivity index (χ1) is 16.0. The highest BCUT2D eigenvalue weighted by molar-refractivity contribution is 6.05. The summed E-state index contributed by atoms with van der Waals surface area (Å²) in [5.74, 6) is -0.894. The second kappa shape index (κ2) is 7.13. The second-order valence-electron chi connectivity index (χ2n) is 8.34. The first-order valence-electron chi connectivity index (χ1n) is 10.6. The number of nitrogens with one attached hydrogen (secondary N) is 1. The summed E-state index contributed by atoms with van der Waals surface area (Å²) in [6, 6.07) is 10.9. The number of oxazole rings is 1. The molecule has 0 unspecified atom stereocenters. The zero-order valence-electron chi connectivity index (χ0n) is 17.7. The average Bonchev–Trinajstić information content (AvgIpc) is 3.50. The molecule has 0 saturated carbocycles. The van der Waals surface area contributed by atoms with Crippen molar-refractivity contribution in [3.8, 4) is 22.4 Å². The lowest BCUT2D eigenvalue weighted by atomic mass is 9.98. The Bertz CT molecular complexity index is 1470. The summed E-state index contributed by atoms with van der Waals surface area (Å²) < 4.78 is 7.16. The van der Waals surface area contributed by atoms with Gasteiger partial charge < -0.3 is 9.32 Å². The van der Waals surface area contributed by atoms with Gasteiger partial charge in [0.1, 0.15) is 11.6 Å². The largest absolute Gasteiger partial charge is 0.443 e. The van der Waals surface area contributed by atoms with E-state index in [4.69, 9.17) is 4.42 Å². The standard InChI is InChI=1S/C24H19N5O4/c1-28-22(14-3-6-20-18(9-14)25-12-33-20)17(10-26-28)13-2-4-16-15(8-13)11-29(24(16)32)19-5-7-21(30)27-23(19)31/h2-4,6,8-10,12,19H,5,7,11H2,1H3,(H,27,30,31)/t19-/m0/s1. The third kappa shape index (κ3) is 3.04. The van der Waals surface area contributed by atoms with E-state index in [2.05, 4.69) is 15.4 Å². The first-order valence-corrected chi connectivity index (χ1v) is 10.6. The molecule has 0 radical (unpaired) electrons. The van der Waals surface area contributed by atoms with E-state index in [1.165, 1.54) is 6.39 Å². The lowest BCUT2D eigenvalue weighted by molar-refractivity contribution is -0.136. The van der Waals surface area contributed by atoms with Crippen molar-refractivity contribution < 1.29 is 18.8 Å². The summed E-state index contributed by atoms with van der Waals surface area (Å²) in [7, 11) is 1.88. The van der Waals surface area contributed by atoms with Gasteiger partial charge in [-0.2, -0.15) is 5.10 Å². The first kappa shape index (κ1) is 19.4. The number of carbonyl (C=O) groups is 3. The monoisotopic (exact) mass is 441 g/mol. The highest BCUT2D eigenvalue weighted by atomic mass is 16.3. The van der Waals surface area contributed by atoms with Crippen LogP contribution in [0.25, 0.3) is 33.5 Å². The molecule has 0 aliphatic carbocycles. The predicted octanol–water partition coefficient (Wildman–Crippen LogP) is 2.66. The van der Waals surface area contributed by atoms with Crippen LogP contribution >= 0.6 is 0 Å². The van der Waals surface area contributed by atoms with Crippen LogP contribution in [0.5, 0.6) is 0 Å². The van der Waals surface area contributed by atoms with Gasteiger partial charge in [0.05, 0.1) is 11.9 Å². The van der Waals surface area contributed by atoms with Gasteiger partial charge in [-0.1, -0.05) is 6.07 Å². The van der Waals surface area contributed by atoms with E-state index in [0.717, 1.165) is 33.5 Å². The van der Waals surface area contributed by atoms with Crippen LogP contribution in [0.15, 0.2) is 53.4 Å². The molecule has 9 heteroatoms. The second-order valence-corrected chi connectivity index (χ2v) is 8.34. The Labute approximate surface area is 188 Å². The van der Waals surface area contributed by atoms with E-state index >= 15 is 0 Å². The molecular weight excluding hydrogens is 422 g/mol. The van der Waals surface area contributed by atoms with Crippen molar-refractivity contribution in [2.75, 3.05) is 0 Å². The van der Waals surface area contributed by atoms with Gasteiger partial charge in [-0.25, -0.2) is 4.98 Å². The van der Waals surface area contributed by atoms with Crippen molar-refractivity contribution in [2.45, 2.75) is 25.4 Å². The van der Waals surface area contributed by atoms with E-state index in [9.17, 15) is 14.4 Å². The number of nitrogens with zero attached hydrogens (tertiary/aromatic N) is 4. The highest BCUT2D eigenvalue weighted by Crippen LogP contribution is 2.36. The molecule has 3 amide bonds. The summed E-state index contributed by atoms with van der Waals surface area (Å²) in [6.45, 7) is 0.328. The molecule has 2 aromatic heterocycles. The number of fused-ring (bicyclic) bond motifs is 2. The normalized spacial score (nSPS) is 18.2. The van der Waals surface area contributed by atoms with Crippen LogP contribution < -0.4 is 5.32 Å². The number of aromatic nitrogens is 3. The van der Waals surface area contributed by atoms with Crippen LogP contribution in [0.2, 0.25) is 0 Å². The van der Waals surface area contributed by atoms with Crippen molar-refractivity contribution in [1.29, 1.82) is 0 Å². The number of piperidine rings is 1. The van der Waals surface area contributed by atoms with E-state index in [1.54, 1.807) is 17.2 Å². The third-order valence-electron chi connectivity index (χ3n) is 6.38. The van der Waals surface area contributed by atoms with Crippen LogP contribution in [0.4, 0.5) is 0 Å². The number of rotatable bonds is 3. The van der Waals surface area contributed by atoms with Crippen LogP contribution in [0.1, 0.15) is 28.8 Å². The number of hydrogen-bond acceptors (Lipinski definition) is 6. The summed E-state index contributed by atoms with van der Waals surface area (Å²) in [5, 5.41) is 6.80. The lowest BCUT2D eigenvalue weighted by Crippen LogP contribution is -2.52. The van der Waals surface area contributed by atoms with Crippen molar-refractivity contribution in [2.24, 2.45) is 7.05 Å². The Morgan fingerprint density at radius 2 is 1.91 bits per heavy atom. The minimum atomic E-state index is -0.630. The van der Waals surface area contributed by atoms with Crippen LogP contribution in [0, 0.1) is 0 Å². The SMILES string of the molecule is Cn1ncc(-c2ccc3c(c2)CN([C@H]2CCC(=O)NC2=O)C3=O)c1-c1ccc2ocnc2c1. The zero-order valence-corrected chi connectivity index (χ0v) is 17.7. The van der Waals surface area contributed by atoms with Crippen molar-refractivity contribution in [1.82, 2.24) is 25.0 Å². The van der Waals surface area contributed by atoms with Gasteiger partial charge in [-0.05, 0) is 47.9 Å². The minimum Gasteiger partial charge on any atom is -0.443 e. The van der Waals surface area contributed by atoms with Crippen LogP contribution in [-0.2, 0) is 23.2 Å². The maximum Gasteiger partial charge on any atom is 0.255 e. The summed E-state index contributed by atoms with van der Waals surface area (Å²) in [4.78, 5) is 42.6. The number of hydrogen-bond donors (Lipinski definition) is 1. The molecule has 0 spiro atoms. The molecule has 4 aromatic rings. The number of imide groups is 1. The smallest absolute Gasteiger partial charge is 0.255 e. The Morgan fingerprint density at radius 1 is 1.06 bits per heavy atom. The molecule has 2 aromatic carbocycles. The van der Waals surface area contributed by atoms with Gasteiger partial charge in [0, 0.05) is 36.7 Å². The lowest BCUT2D eigenvalue weighted by Gasteiger charge is -2.29. The fourth-order valence-electron chi connectivity index (χ4n) is 4.74. The van der Waals surface area contributed by atoms with Crippen LogP contribution in [0.3, 0.4) is 0 Å². The summed E-state index contributed by atoms with van der Waals surface area (Å²) in [6.07, 6.45) is 3.80. The molecule has 1 atom stereocenters. The molecule has 2 aliphatic rings. The third-order valence-corrected chi connectivity index (χ3v) is 6.38. The maximum absolute atomic E-state index is 13.0. The fourth-order valence-corrected chi connectivity index (χ4v) is 4.74. The molecular formula is C24H19N5O4. The van der Waals surface area contributed by atoms with Crippen molar-refractivity contribution in [3.05, 3.63) is 60.1 Å². The minimum absolute atomic E-state index is 0.186. The molecule has 4 heterocycles. The quantitative estimate of drug-likeness (QED) is 0.490. The van der Waals surface area contributed by atoms with Gasteiger partial charge in [0.15, 0.2) is 12.0 Å². The van der Waals surface area contributed by atoms with Gasteiger partial charge in [0.2, 0.25) is 11.8 Å². The molecule has 164 valence electrons. The average molecular weight is 441 g/mol. The van der Waals surface area contributed by atoms with Gasteiger partial charge >= 0.3 is 0 Å². The highest BCUT2D eigenvalue weighted by Gasteiger charge is 2.39. The Hall–Kier alpha value is -4.27. The Balaban J connectivity index is 1.36. The molecule has 1 fully saturated rings. The summed E-state index contributed by atoms with van der Waals surface area (Å²) in [5.41, 5.74) is 6.64. The van der Waals surface area contributed by atoms with Gasteiger partial charge in [0.25, 0.3) is 5.91 Å². The molecule has 0 bridgehead atoms. The Kier molecular flexibility index (Phi) is 4.19. The van der Waals surface area contributed by atoms with Crippen molar-refractivity contribution >= 4 is 28.8 Å². The Morgan fingerprint density at radius 3 is 2.76 bits per heavy atom. The van der Waals surface area contributed by atoms with Gasteiger partial charge in [-0.15, -0.1) is 0 Å². The van der Waals surface area contributed by atoms with Crippen molar-refractivity contribution in [3.63, 3.8) is 0 Å². The predicted molar refractivity (Wildman–Crippen MR) is 118 cm³/mol. The van der Waals surface area contributed by atoms with E-state index < -0.39 is 11.9 Å². The van der Waals surface area contributed by atoms with E-state index in [1.807, 2.05) is 42.1 Å². The molecule has 1 N–H and O–H groups in total. The zero-order chi connectivity index (χ0) is 22.7. The summed E-state index contributed by atoms with van der Waals surface area (Å²) >= 11 is 0. The molecule has 9 nitrogen and oxygen atoms in total. The molecule has 33 heavy (non-hydrogen) atoms. The number of aryl methyl sites for hydroxylation is 1.